The van der Waals surface area contributed by atoms with Crippen molar-refractivity contribution in [1.29, 1.82) is 0 Å². The van der Waals surface area contributed by atoms with Gasteiger partial charge in [0, 0.05) is 10.6 Å². The van der Waals surface area contributed by atoms with Crippen LogP contribution in [0.1, 0.15) is 37.6 Å². The summed E-state index contributed by atoms with van der Waals surface area (Å²) in [5.74, 6) is -1.97. The van der Waals surface area contributed by atoms with Crippen molar-refractivity contribution in [1.82, 2.24) is 10.3 Å². The summed E-state index contributed by atoms with van der Waals surface area (Å²) in [6.07, 6.45) is 0.990. The Bertz CT molecular complexity index is 1360. The number of thiazole rings is 1. The van der Waals surface area contributed by atoms with Gasteiger partial charge in [-0.05, 0) is 60.0 Å². The van der Waals surface area contributed by atoms with Gasteiger partial charge in [0.15, 0.2) is 5.13 Å². The summed E-state index contributed by atoms with van der Waals surface area (Å²) in [6, 6.07) is 15.8. The van der Waals surface area contributed by atoms with Gasteiger partial charge in [0.05, 0.1) is 15.9 Å². The van der Waals surface area contributed by atoms with Crippen LogP contribution in [-0.2, 0) is 4.79 Å². The molecule has 3 N–H and O–H groups in total. The molecule has 0 aliphatic heterocycles. The molecule has 0 unspecified atom stereocenters. The van der Waals surface area contributed by atoms with E-state index in [1.54, 1.807) is 42.5 Å². The number of hydrogen-bond donors (Lipinski definition) is 3. The third kappa shape index (κ3) is 6.15. The number of anilines is 2. The lowest BCUT2D eigenvalue weighted by molar-refractivity contribution is -0.139. The lowest BCUT2D eigenvalue weighted by Gasteiger charge is -2.13. The molecule has 0 spiro atoms. The van der Waals surface area contributed by atoms with Crippen molar-refractivity contribution in [2.24, 2.45) is 0 Å². The molecule has 0 aliphatic rings. The maximum atomic E-state index is 14.8. The Hall–Kier alpha value is -3.49. The van der Waals surface area contributed by atoms with Crippen LogP contribution in [0, 0.1) is 5.82 Å². The molecule has 0 saturated heterocycles. The van der Waals surface area contributed by atoms with E-state index < -0.39 is 23.7 Å². The fourth-order valence-electron chi connectivity index (χ4n) is 3.46. The molecule has 1 heterocycles. The smallest absolute Gasteiger partial charge is 0.326 e. The van der Waals surface area contributed by atoms with Crippen molar-refractivity contribution >= 4 is 55.8 Å². The van der Waals surface area contributed by atoms with E-state index in [4.69, 9.17) is 11.6 Å². The number of nitrogens with one attached hydrogen (secondary N) is 2. The van der Waals surface area contributed by atoms with Crippen molar-refractivity contribution in [3.63, 3.8) is 0 Å². The van der Waals surface area contributed by atoms with Crippen molar-refractivity contribution in [3.05, 3.63) is 77.1 Å². The van der Waals surface area contributed by atoms with Crippen LogP contribution in [0.5, 0.6) is 0 Å². The molecule has 1 atom stereocenters. The van der Waals surface area contributed by atoms with Crippen molar-refractivity contribution in [2.45, 2.75) is 33.2 Å². The number of halogens is 2. The zero-order chi connectivity index (χ0) is 24.2. The Morgan fingerprint density at radius 3 is 2.46 bits per heavy atom. The Kier molecular flexibility index (Phi) is 8.43. The monoisotopic (exact) mass is 513 g/mol. The van der Waals surface area contributed by atoms with Crippen LogP contribution >= 0.6 is 22.9 Å². The van der Waals surface area contributed by atoms with Gasteiger partial charge in [-0.3, -0.25) is 4.79 Å². The number of amides is 1. The lowest BCUT2D eigenvalue weighted by Crippen LogP contribution is -2.40. The van der Waals surface area contributed by atoms with Gasteiger partial charge in [-0.2, -0.15) is 0 Å². The highest BCUT2D eigenvalue weighted by Crippen LogP contribution is 2.32. The molecule has 0 fully saturated rings. The molecule has 1 amide bonds. The summed E-state index contributed by atoms with van der Waals surface area (Å²) in [4.78, 5) is 28.1. The quantitative estimate of drug-likeness (QED) is 0.233. The first-order valence-corrected chi connectivity index (χ1v) is 11.8. The van der Waals surface area contributed by atoms with E-state index in [-0.39, 0.29) is 7.43 Å². The summed E-state index contributed by atoms with van der Waals surface area (Å²) < 4.78 is 15.7. The molecule has 1 aromatic heterocycles. The van der Waals surface area contributed by atoms with E-state index in [1.807, 2.05) is 19.1 Å². The predicted molar refractivity (Wildman–Crippen MR) is 140 cm³/mol. The number of carbonyl (C=O) groups is 2. The SMILES string of the molecule is C.CCC[C@H](NC(=O)c1ccc(-c2ccc(Nc3nc4ccc(Cl)cc4s3)c(F)c2)cc1)C(=O)O. The standard InChI is InChI=1S/C25H21ClFN3O3S.CH4/c1-2-3-21(24(32)33)28-23(31)15-6-4-14(5-7-15)16-8-10-19(18(27)12-16)29-25-30-20-11-9-17(26)13-22(20)34-25;/h4-13,21H,2-3H2,1H3,(H,28,31)(H,29,30)(H,32,33);1H4/t21-;/m0./s1. The summed E-state index contributed by atoms with van der Waals surface area (Å²) in [7, 11) is 0. The fourth-order valence-corrected chi connectivity index (χ4v) is 4.62. The molecule has 0 saturated carbocycles. The average molecular weight is 514 g/mol. The second-order valence-corrected chi connectivity index (χ2v) is 9.15. The molecular formula is C26H25ClFN3O3S. The summed E-state index contributed by atoms with van der Waals surface area (Å²) >= 11 is 7.40. The van der Waals surface area contributed by atoms with Gasteiger partial charge in [-0.25, -0.2) is 14.2 Å². The molecule has 0 bridgehead atoms. The molecular weight excluding hydrogens is 489 g/mol. The molecule has 35 heavy (non-hydrogen) atoms. The van der Waals surface area contributed by atoms with Crippen LogP contribution < -0.4 is 10.6 Å². The second kappa shape index (κ2) is 11.3. The lowest BCUT2D eigenvalue weighted by atomic mass is 10.0. The second-order valence-electron chi connectivity index (χ2n) is 7.68. The topological polar surface area (TPSA) is 91.3 Å². The first-order valence-electron chi connectivity index (χ1n) is 10.6. The third-order valence-electron chi connectivity index (χ3n) is 5.22. The Morgan fingerprint density at radius 1 is 1.09 bits per heavy atom. The zero-order valence-corrected chi connectivity index (χ0v) is 19.7. The van der Waals surface area contributed by atoms with Crippen LogP contribution in [0.3, 0.4) is 0 Å². The molecule has 3 aromatic carbocycles. The van der Waals surface area contributed by atoms with E-state index >= 15 is 0 Å². The number of carboxylic acid groups (broad SMARTS) is 1. The van der Waals surface area contributed by atoms with E-state index in [9.17, 15) is 19.1 Å². The number of rotatable bonds is 8. The van der Waals surface area contributed by atoms with Gasteiger partial charge in [0.2, 0.25) is 0 Å². The molecule has 4 aromatic rings. The van der Waals surface area contributed by atoms with E-state index in [0.29, 0.717) is 39.8 Å². The average Bonchev–Trinajstić information content (AvgIpc) is 3.21. The number of carboxylic acids is 1. The minimum Gasteiger partial charge on any atom is -0.480 e. The van der Waals surface area contributed by atoms with Gasteiger partial charge in [0.1, 0.15) is 11.9 Å². The van der Waals surface area contributed by atoms with Crippen molar-refractivity contribution in [3.8, 4) is 11.1 Å². The highest BCUT2D eigenvalue weighted by atomic mass is 35.5. The summed E-state index contributed by atoms with van der Waals surface area (Å²) in [5, 5.41) is 15.9. The van der Waals surface area contributed by atoms with Gasteiger partial charge < -0.3 is 15.7 Å². The van der Waals surface area contributed by atoms with Crippen LogP contribution in [0.2, 0.25) is 5.02 Å². The number of benzene rings is 3. The first-order chi connectivity index (χ1) is 16.3. The van der Waals surface area contributed by atoms with E-state index in [1.165, 1.54) is 17.4 Å². The maximum Gasteiger partial charge on any atom is 0.326 e. The Morgan fingerprint density at radius 2 is 1.80 bits per heavy atom. The van der Waals surface area contributed by atoms with Crippen LogP contribution in [0.4, 0.5) is 15.2 Å². The van der Waals surface area contributed by atoms with E-state index in [2.05, 4.69) is 15.6 Å². The highest BCUT2D eigenvalue weighted by Gasteiger charge is 2.19. The van der Waals surface area contributed by atoms with Crippen LogP contribution in [-0.4, -0.2) is 28.0 Å². The number of fused-ring (bicyclic) bond motifs is 1. The van der Waals surface area contributed by atoms with Crippen LogP contribution in [0.15, 0.2) is 60.7 Å². The van der Waals surface area contributed by atoms with E-state index in [0.717, 1.165) is 15.8 Å². The number of nitrogens with zero attached hydrogens (tertiary/aromatic N) is 1. The number of aromatic nitrogens is 1. The normalized spacial score (nSPS) is 11.5. The Labute approximate surface area is 211 Å². The number of carbonyl (C=O) groups excluding carboxylic acids is 1. The number of hydrogen-bond acceptors (Lipinski definition) is 5. The van der Waals surface area contributed by atoms with Gasteiger partial charge in [-0.1, -0.05) is 61.9 Å². The molecule has 6 nitrogen and oxygen atoms in total. The van der Waals surface area contributed by atoms with Gasteiger partial charge >= 0.3 is 5.97 Å². The molecule has 9 heteroatoms. The largest absolute Gasteiger partial charge is 0.480 e. The minimum atomic E-state index is -1.06. The van der Waals surface area contributed by atoms with Crippen LogP contribution in [0.25, 0.3) is 21.3 Å². The molecule has 182 valence electrons. The first kappa shape index (κ1) is 26.1. The van der Waals surface area contributed by atoms with Gasteiger partial charge in [-0.15, -0.1) is 0 Å². The Balaban J connectivity index is 0.00000342. The molecule has 0 aliphatic carbocycles. The molecule has 4 rings (SSSR count). The third-order valence-corrected chi connectivity index (χ3v) is 6.39. The highest BCUT2D eigenvalue weighted by molar-refractivity contribution is 7.22. The zero-order valence-electron chi connectivity index (χ0n) is 18.1. The number of aliphatic carboxylic acids is 1. The van der Waals surface area contributed by atoms with Crippen molar-refractivity contribution in [2.75, 3.05) is 5.32 Å². The summed E-state index contributed by atoms with van der Waals surface area (Å²) in [6.45, 7) is 1.85. The minimum absolute atomic E-state index is 0. The predicted octanol–water partition coefficient (Wildman–Crippen LogP) is 7.12. The fraction of sp³-hybridized carbons (Fsp3) is 0.192. The van der Waals surface area contributed by atoms with Gasteiger partial charge in [0.25, 0.3) is 5.91 Å². The maximum absolute atomic E-state index is 14.8. The summed E-state index contributed by atoms with van der Waals surface area (Å²) in [5.41, 5.74) is 2.77. The van der Waals surface area contributed by atoms with Crippen molar-refractivity contribution < 1.29 is 19.1 Å². The molecule has 0 radical (unpaired) electrons.